The SMILES string of the molecule is O=C(CCN1C(=O)c2ccccc2C1=O)Oc1ccc(C(=O)Nc2ccc(Cl)cc2)cc1. The highest BCUT2D eigenvalue weighted by Crippen LogP contribution is 2.23. The molecular formula is C24H17ClN2O5. The van der Waals surface area contributed by atoms with Gasteiger partial charge in [0.2, 0.25) is 0 Å². The number of nitrogens with one attached hydrogen (secondary N) is 1. The van der Waals surface area contributed by atoms with Crippen molar-refractivity contribution in [3.8, 4) is 5.75 Å². The summed E-state index contributed by atoms with van der Waals surface area (Å²) in [6, 6.07) is 19.3. The normalized spacial score (nSPS) is 12.5. The number of anilines is 1. The molecule has 0 unspecified atom stereocenters. The number of carbonyl (C=O) groups excluding carboxylic acids is 4. The summed E-state index contributed by atoms with van der Waals surface area (Å²) in [5, 5.41) is 3.31. The van der Waals surface area contributed by atoms with Crippen molar-refractivity contribution in [2.75, 3.05) is 11.9 Å². The number of esters is 1. The van der Waals surface area contributed by atoms with Gasteiger partial charge in [-0.15, -0.1) is 0 Å². The van der Waals surface area contributed by atoms with Gasteiger partial charge in [-0.3, -0.25) is 24.1 Å². The predicted molar refractivity (Wildman–Crippen MR) is 118 cm³/mol. The second-order valence-corrected chi connectivity index (χ2v) is 7.45. The second-order valence-electron chi connectivity index (χ2n) is 7.02. The van der Waals surface area contributed by atoms with Crippen LogP contribution in [0.25, 0.3) is 0 Å². The highest BCUT2D eigenvalue weighted by Gasteiger charge is 2.35. The monoisotopic (exact) mass is 448 g/mol. The van der Waals surface area contributed by atoms with Crippen molar-refractivity contribution in [1.29, 1.82) is 0 Å². The number of hydrogen-bond acceptors (Lipinski definition) is 5. The van der Waals surface area contributed by atoms with Gasteiger partial charge in [-0.05, 0) is 60.7 Å². The van der Waals surface area contributed by atoms with E-state index in [2.05, 4.69) is 5.32 Å². The molecule has 8 heteroatoms. The van der Waals surface area contributed by atoms with Crippen LogP contribution in [0.2, 0.25) is 5.02 Å². The molecule has 1 N–H and O–H groups in total. The van der Waals surface area contributed by atoms with Crippen LogP contribution in [0.1, 0.15) is 37.5 Å². The van der Waals surface area contributed by atoms with Crippen molar-refractivity contribution in [2.45, 2.75) is 6.42 Å². The molecule has 3 aromatic rings. The Hall–Kier alpha value is -3.97. The Morgan fingerprint density at radius 3 is 2.03 bits per heavy atom. The number of ether oxygens (including phenoxy) is 1. The molecule has 0 aliphatic carbocycles. The van der Waals surface area contributed by atoms with Crippen molar-refractivity contribution in [1.82, 2.24) is 4.90 Å². The van der Waals surface area contributed by atoms with E-state index in [4.69, 9.17) is 16.3 Å². The van der Waals surface area contributed by atoms with Gasteiger partial charge < -0.3 is 10.1 Å². The van der Waals surface area contributed by atoms with Gasteiger partial charge in [0, 0.05) is 22.8 Å². The molecular weight excluding hydrogens is 432 g/mol. The molecule has 0 saturated heterocycles. The molecule has 1 aliphatic heterocycles. The molecule has 1 heterocycles. The van der Waals surface area contributed by atoms with Crippen molar-refractivity contribution < 1.29 is 23.9 Å². The fraction of sp³-hybridized carbons (Fsp3) is 0.0833. The van der Waals surface area contributed by atoms with E-state index in [1.54, 1.807) is 48.5 Å². The molecule has 4 rings (SSSR count). The first-order chi connectivity index (χ1) is 15.4. The second kappa shape index (κ2) is 9.03. The maximum Gasteiger partial charge on any atom is 0.312 e. The Labute approximate surface area is 188 Å². The number of imide groups is 1. The number of carbonyl (C=O) groups is 4. The van der Waals surface area contributed by atoms with Crippen LogP contribution < -0.4 is 10.1 Å². The van der Waals surface area contributed by atoms with Crippen molar-refractivity contribution in [3.05, 3.63) is 94.5 Å². The van der Waals surface area contributed by atoms with Gasteiger partial charge in [-0.1, -0.05) is 23.7 Å². The zero-order valence-corrected chi connectivity index (χ0v) is 17.5. The standard InChI is InChI=1S/C24H17ClN2O5/c25-16-7-9-17(10-8-16)26-22(29)15-5-11-18(12-6-15)32-21(28)13-14-27-23(30)19-3-1-2-4-20(19)24(27)31/h1-12H,13-14H2,(H,26,29). The van der Waals surface area contributed by atoms with Crippen LogP contribution in [0.4, 0.5) is 5.69 Å². The average Bonchev–Trinajstić information content (AvgIpc) is 3.04. The van der Waals surface area contributed by atoms with Crippen LogP contribution in [0.3, 0.4) is 0 Å². The number of fused-ring (bicyclic) bond motifs is 1. The van der Waals surface area contributed by atoms with Gasteiger partial charge in [0.05, 0.1) is 17.5 Å². The lowest BCUT2D eigenvalue weighted by Gasteiger charge is -2.13. The smallest absolute Gasteiger partial charge is 0.312 e. The summed E-state index contributed by atoms with van der Waals surface area (Å²) in [5.74, 6) is -1.51. The fourth-order valence-corrected chi connectivity index (χ4v) is 3.36. The fourth-order valence-electron chi connectivity index (χ4n) is 3.24. The molecule has 0 saturated carbocycles. The summed E-state index contributed by atoms with van der Waals surface area (Å²) < 4.78 is 5.25. The minimum Gasteiger partial charge on any atom is -0.426 e. The van der Waals surface area contributed by atoms with E-state index in [1.165, 1.54) is 24.3 Å². The van der Waals surface area contributed by atoms with Crippen LogP contribution in [-0.4, -0.2) is 35.1 Å². The third-order valence-corrected chi connectivity index (χ3v) is 5.12. The quantitative estimate of drug-likeness (QED) is 0.347. The first kappa shape index (κ1) is 21.3. The predicted octanol–water partition coefficient (Wildman–Crippen LogP) is 4.18. The Morgan fingerprint density at radius 1 is 0.844 bits per heavy atom. The van der Waals surface area contributed by atoms with Gasteiger partial charge in [-0.25, -0.2) is 0 Å². The highest BCUT2D eigenvalue weighted by molar-refractivity contribution is 6.30. The molecule has 7 nitrogen and oxygen atoms in total. The summed E-state index contributed by atoms with van der Waals surface area (Å²) in [7, 11) is 0. The number of benzene rings is 3. The average molecular weight is 449 g/mol. The van der Waals surface area contributed by atoms with E-state index in [0.717, 1.165) is 4.90 Å². The Morgan fingerprint density at radius 2 is 1.44 bits per heavy atom. The molecule has 32 heavy (non-hydrogen) atoms. The van der Waals surface area contributed by atoms with Gasteiger partial charge in [-0.2, -0.15) is 0 Å². The number of hydrogen-bond donors (Lipinski definition) is 1. The summed E-state index contributed by atoms with van der Waals surface area (Å²) in [5.41, 5.74) is 1.64. The summed E-state index contributed by atoms with van der Waals surface area (Å²) in [4.78, 5) is 50.2. The maximum absolute atomic E-state index is 12.3. The third-order valence-electron chi connectivity index (χ3n) is 4.87. The Balaban J connectivity index is 1.30. The molecule has 1 aliphatic rings. The maximum atomic E-state index is 12.3. The molecule has 0 bridgehead atoms. The van der Waals surface area contributed by atoms with E-state index in [-0.39, 0.29) is 24.6 Å². The molecule has 0 spiro atoms. The van der Waals surface area contributed by atoms with Crippen LogP contribution >= 0.6 is 11.6 Å². The molecule has 3 amide bonds. The minimum atomic E-state index is -0.597. The van der Waals surface area contributed by atoms with Crippen LogP contribution in [0, 0.1) is 0 Å². The zero-order chi connectivity index (χ0) is 22.7. The third kappa shape index (κ3) is 4.53. The number of nitrogens with zero attached hydrogens (tertiary/aromatic N) is 1. The summed E-state index contributed by atoms with van der Waals surface area (Å²) in [6.07, 6.45) is -0.149. The van der Waals surface area contributed by atoms with Crippen LogP contribution in [-0.2, 0) is 4.79 Å². The molecule has 0 aromatic heterocycles. The molecule has 0 atom stereocenters. The van der Waals surface area contributed by atoms with E-state index in [1.807, 2.05) is 0 Å². The van der Waals surface area contributed by atoms with E-state index in [0.29, 0.717) is 27.4 Å². The molecule has 160 valence electrons. The largest absolute Gasteiger partial charge is 0.426 e. The Bertz CT molecular complexity index is 1170. The van der Waals surface area contributed by atoms with Gasteiger partial charge in [0.15, 0.2) is 0 Å². The molecule has 3 aromatic carbocycles. The molecule has 0 radical (unpaired) electrons. The first-order valence-electron chi connectivity index (χ1n) is 9.75. The lowest BCUT2D eigenvalue weighted by molar-refractivity contribution is -0.134. The first-order valence-corrected chi connectivity index (χ1v) is 10.1. The number of rotatable bonds is 6. The van der Waals surface area contributed by atoms with E-state index in [9.17, 15) is 19.2 Å². The van der Waals surface area contributed by atoms with Crippen molar-refractivity contribution in [3.63, 3.8) is 0 Å². The summed E-state index contributed by atoms with van der Waals surface area (Å²) >= 11 is 5.83. The lowest BCUT2D eigenvalue weighted by atomic mass is 10.1. The van der Waals surface area contributed by atoms with Gasteiger partial charge in [0.1, 0.15) is 5.75 Å². The zero-order valence-electron chi connectivity index (χ0n) is 16.7. The van der Waals surface area contributed by atoms with Crippen molar-refractivity contribution in [2.24, 2.45) is 0 Å². The van der Waals surface area contributed by atoms with Gasteiger partial charge >= 0.3 is 5.97 Å². The van der Waals surface area contributed by atoms with Crippen LogP contribution in [0.15, 0.2) is 72.8 Å². The van der Waals surface area contributed by atoms with Crippen molar-refractivity contribution >= 4 is 41.0 Å². The lowest BCUT2D eigenvalue weighted by Crippen LogP contribution is -2.32. The van der Waals surface area contributed by atoms with E-state index >= 15 is 0 Å². The van der Waals surface area contributed by atoms with Crippen LogP contribution in [0.5, 0.6) is 5.75 Å². The topological polar surface area (TPSA) is 92.8 Å². The number of halogens is 1. The summed E-state index contributed by atoms with van der Waals surface area (Å²) in [6.45, 7) is -0.0766. The van der Waals surface area contributed by atoms with Gasteiger partial charge in [0.25, 0.3) is 17.7 Å². The number of amides is 3. The highest BCUT2D eigenvalue weighted by atomic mass is 35.5. The van der Waals surface area contributed by atoms with E-state index < -0.39 is 17.8 Å². The minimum absolute atomic E-state index is 0.0766. The Kier molecular flexibility index (Phi) is 6.00. The molecule has 0 fully saturated rings.